The van der Waals surface area contributed by atoms with Gasteiger partial charge in [-0.2, -0.15) is 0 Å². The van der Waals surface area contributed by atoms with Gasteiger partial charge in [-0.3, -0.25) is 4.98 Å². The molecule has 0 fully saturated rings. The minimum absolute atomic E-state index is 0.0872. The topological polar surface area (TPSA) is 71.5 Å². The molecule has 0 radical (unpaired) electrons. The molecular weight excluding hydrogens is 287 g/mol. The van der Waals surface area contributed by atoms with E-state index in [9.17, 15) is 14.3 Å². The molecule has 0 bridgehead atoms. The van der Waals surface area contributed by atoms with E-state index >= 15 is 0 Å². The molecule has 0 aliphatic heterocycles. The minimum atomic E-state index is -1.04. The van der Waals surface area contributed by atoms with Gasteiger partial charge in [-0.25, -0.2) is 9.18 Å². The van der Waals surface area contributed by atoms with Crippen LogP contribution in [0.1, 0.15) is 34.6 Å². The first-order valence-corrected chi connectivity index (χ1v) is 6.76. The van der Waals surface area contributed by atoms with E-state index in [1.165, 1.54) is 13.2 Å². The second kappa shape index (κ2) is 7.00. The summed E-state index contributed by atoms with van der Waals surface area (Å²) in [6.07, 6.45) is 1.16. The summed E-state index contributed by atoms with van der Waals surface area (Å²) in [5, 5.41) is 12.4. The second-order valence-electron chi connectivity index (χ2n) is 4.84. The maximum atomic E-state index is 12.8. The molecule has 0 unspecified atom stereocenters. The van der Waals surface area contributed by atoms with E-state index in [2.05, 4.69) is 10.3 Å². The average Bonchev–Trinajstić information content (AvgIpc) is 2.53. The van der Waals surface area contributed by atoms with Crippen LogP contribution in [0.25, 0.3) is 0 Å². The summed E-state index contributed by atoms with van der Waals surface area (Å²) in [6.45, 7) is 2.37. The van der Waals surface area contributed by atoms with E-state index in [0.717, 1.165) is 11.8 Å². The summed E-state index contributed by atoms with van der Waals surface area (Å²) in [7, 11) is 1.43. The number of aromatic nitrogens is 1. The Hall–Kier alpha value is -2.47. The minimum Gasteiger partial charge on any atom is -0.496 e. The maximum absolute atomic E-state index is 12.8. The van der Waals surface area contributed by atoms with Crippen LogP contribution in [0.5, 0.6) is 5.75 Å². The molecule has 1 atom stereocenters. The Bertz CT molecular complexity index is 659. The van der Waals surface area contributed by atoms with E-state index in [1.807, 2.05) is 6.92 Å². The number of aromatic carboxylic acids is 1. The summed E-state index contributed by atoms with van der Waals surface area (Å²) in [6, 6.07) is 7.89. The summed E-state index contributed by atoms with van der Waals surface area (Å²) in [4.78, 5) is 15.2. The Labute approximate surface area is 127 Å². The number of carboxylic acids is 1. The standard InChI is InChI=1S/C16H17FN2O3/c1-10(18-9-13-5-4-12(17)8-19-13)11-3-6-15(22-2)14(7-11)16(20)21/h3-8,10,18H,9H2,1-2H3,(H,20,21)/t10-/m0/s1. The van der Waals surface area contributed by atoms with Crippen LogP contribution in [0.4, 0.5) is 4.39 Å². The quantitative estimate of drug-likeness (QED) is 0.858. The van der Waals surface area contributed by atoms with E-state index < -0.39 is 5.97 Å². The number of benzene rings is 1. The van der Waals surface area contributed by atoms with E-state index in [4.69, 9.17) is 4.74 Å². The van der Waals surface area contributed by atoms with Crippen molar-refractivity contribution in [3.63, 3.8) is 0 Å². The first-order chi connectivity index (χ1) is 10.5. The molecule has 6 heteroatoms. The van der Waals surface area contributed by atoms with Crippen molar-refractivity contribution in [2.24, 2.45) is 0 Å². The van der Waals surface area contributed by atoms with Crippen LogP contribution in [0.2, 0.25) is 0 Å². The normalized spacial score (nSPS) is 12.0. The third-order valence-corrected chi connectivity index (χ3v) is 3.33. The van der Waals surface area contributed by atoms with Crippen molar-refractivity contribution in [3.05, 3.63) is 59.2 Å². The largest absolute Gasteiger partial charge is 0.496 e. The highest BCUT2D eigenvalue weighted by Crippen LogP contribution is 2.23. The van der Waals surface area contributed by atoms with E-state index in [-0.39, 0.29) is 17.4 Å². The highest BCUT2D eigenvalue weighted by molar-refractivity contribution is 5.91. The van der Waals surface area contributed by atoms with Crippen LogP contribution in [-0.2, 0) is 6.54 Å². The second-order valence-corrected chi connectivity index (χ2v) is 4.84. The highest BCUT2D eigenvalue weighted by Gasteiger charge is 2.14. The van der Waals surface area contributed by atoms with Crippen molar-refractivity contribution in [3.8, 4) is 5.75 Å². The fraction of sp³-hybridized carbons (Fsp3) is 0.250. The number of nitrogens with zero attached hydrogens (tertiary/aromatic N) is 1. The number of carboxylic acid groups (broad SMARTS) is 1. The molecule has 0 aliphatic carbocycles. The number of ether oxygens (including phenoxy) is 1. The lowest BCUT2D eigenvalue weighted by Gasteiger charge is -2.15. The van der Waals surface area contributed by atoms with Gasteiger partial charge in [-0.05, 0) is 36.8 Å². The lowest BCUT2D eigenvalue weighted by molar-refractivity contribution is 0.0693. The van der Waals surface area contributed by atoms with Gasteiger partial charge < -0.3 is 15.2 Å². The summed E-state index contributed by atoms with van der Waals surface area (Å²) in [5.41, 5.74) is 1.65. The van der Waals surface area contributed by atoms with E-state index in [1.54, 1.807) is 24.3 Å². The van der Waals surface area contributed by atoms with Gasteiger partial charge in [-0.1, -0.05) is 6.07 Å². The molecule has 5 nitrogen and oxygen atoms in total. The van der Waals surface area contributed by atoms with Crippen LogP contribution in [0.15, 0.2) is 36.5 Å². The Morgan fingerprint density at radius 2 is 2.18 bits per heavy atom. The number of hydrogen-bond acceptors (Lipinski definition) is 4. The number of nitrogens with one attached hydrogen (secondary N) is 1. The Morgan fingerprint density at radius 1 is 1.41 bits per heavy atom. The Kier molecular flexibility index (Phi) is 5.06. The number of rotatable bonds is 6. The SMILES string of the molecule is COc1ccc([C@H](C)NCc2ccc(F)cn2)cc1C(=O)O. The molecule has 0 saturated carbocycles. The summed E-state index contributed by atoms with van der Waals surface area (Å²) < 4.78 is 17.8. The molecule has 116 valence electrons. The highest BCUT2D eigenvalue weighted by atomic mass is 19.1. The molecule has 0 spiro atoms. The molecule has 2 N–H and O–H groups in total. The van der Waals surface area contributed by atoms with Gasteiger partial charge in [-0.15, -0.1) is 0 Å². The number of hydrogen-bond donors (Lipinski definition) is 2. The van der Waals surface area contributed by atoms with Crippen molar-refractivity contribution in [2.45, 2.75) is 19.5 Å². The lowest BCUT2D eigenvalue weighted by Crippen LogP contribution is -2.19. The van der Waals surface area contributed by atoms with Gasteiger partial charge in [0.1, 0.15) is 17.1 Å². The maximum Gasteiger partial charge on any atom is 0.339 e. The first-order valence-electron chi connectivity index (χ1n) is 6.76. The fourth-order valence-electron chi connectivity index (χ4n) is 2.05. The zero-order valence-corrected chi connectivity index (χ0v) is 12.3. The zero-order chi connectivity index (χ0) is 16.1. The Balaban J connectivity index is 2.09. The monoisotopic (exact) mass is 304 g/mol. The predicted octanol–water partition coefficient (Wildman–Crippen LogP) is 2.78. The summed E-state index contributed by atoms with van der Waals surface area (Å²) >= 11 is 0. The van der Waals surface area contributed by atoms with Crippen molar-refractivity contribution in [1.29, 1.82) is 0 Å². The van der Waals surface area contributed by atoms with Crippen molar-refractivity contribution >= 4 is 5.97 Å². The van der Waals surface area contributed by atoms with Gasteiger partial charge >= 0.3 is 5.97 Å². The number of pyridine rings is 1. The van der Waals surface area contributed by atoms with Crippen molar-refractivity contribution in [2.75, 3.05) is 7.11 Å². The van der Waals surface area contributed by atoms with Gasteiger partial charge in [0.15, 0.2) is 0 Å². The van der Waals surface area contributed by atoms with Crippen LogP contribution in [0.3, 0.4) is 0 Å². The summed E-state index contributed by atoms with van der Waals surface area (Å²) in [5.74, 6) is -1.09. The van der Waals surface area contributed by atoms with Crippen LogP contribution in [-0.4, -0.2) is 23.2 Å². The lowest BCUT2D eigenvalue weighted by atomic mass is 10.0. The third-order valence-electron chi connectivity index (χ3n) is 3.33. The third kappa shape index (κ3) is 3.79. The van der Waals surface area contributed by atoms with Gasteiger partial charge in [0.25, 0.3) is 0 Å². The van der Waals surface area contributed by atoms with Gasteiger partial charge in [0.2, 0.25) is 0 Å². The molecule has 0 amide bonds. The molecule has 2 aromatic rings. The smallest absolute Gasteiger partial charge is 0.339 e. The molecule has 1 aromatic heterocycles. The zero-order valence-electron chi connectivity index (χ0n) is 12.3. The fourth-order valence-corrected chi connectivity index (χ4v) is 2.05. The Morgan fingerprint density at radius 3 is 2.77 bits per heavy atom. The molecule has 22 heavy (non-hydrogen) atoms. The number of carbonyl (C=O) groups is 1. The number of halogens is 1. The first kappa shape index (κ1) is 15.9. The van der Waals surface area contributed by atoms with Crippen LogP contribution in [0, 0.1) is 5.82 Å². The average molecular weight is 304 g/mol. The molecule has 1 heterocycles. The molecular formula is C16H17FN2O3. The van der Waals surface area contributed by atoms with E-state index in [0.29, 0.717) is 18.0 Å². The molecule has 0 aliphatic rings. The van der Waals surface area contributed by atoms with Gasteiger partial charge in [0, 0.05) is 12.6 Å². The van der Waals surface area contributed by atoms with Gasteiger partial charge in [0.05, 0.1) is 19.0 Å². The van der Waals surface area contributed by atoms with Crippen molar-refractivity contribution in [1.82, 2.24) is 10.3 Å². The van der Waals surface area contributed by atoms with Crippen molar-refractivity contribution < 1.29 is 19.0 Å². The van der Waals surface area contributed by atoms with Crippen LogP contribution < -0.4 is 10.1 Å². The van der Waals surface area contributed by atoms with Crippen LogP contribution >= 0.6 is 0 Å². The number of methoxy groups -OCH3 is 1. The predicted molar refractivity (Wildman–Crippen MR) is 79.4 cm³/mol. The molecule has 0 saturated heterocycles. The molecule has 2 rings (SSSR count). The molecule has 1 aromatic carbocycles.